The largest absolute Gasteiger partial charge is 0.472 e. The third kappa shape index (κ3) is 4.20. The molecule has 0 unspecified atom stereocenters. The molecule has 8 nitrogen and oxygen atoms in total. The van der Waals surface area contributed by atoms with E-state index in [0.29, 0.717) is 6.42 Å². The molecule has 11 heteroatoms. The predicted octanol–water partition coefficient (Wildman–Crippen LogP) is 3.92. The van der Waals surface area contributed by atoms with Crippen molar-refractivity contribution in [1.29, 1.82) is 0 Å². The minimum absolute atomic E-state index is 0.0156. The Morgan fingerprint density at radius 2 is 1.96 bits per heavy atom. The summed E-state index contributed by atoms with van der Waals surface area (Å²) in [4.78, 5) is 13.8. The summed E-state index contributed by atoms with van der Waals surface area (Å²) in [7, 11) is -4.15. The molecule has 1 aromatic carbocycles. The molecule has 0 atom stereocenters. The first kappa shape index (κ1) is 20.0. The summed E-state index contributed by atoms with van der Waals surface area (Å²) in [6, 6.07) is 7.21. The van der Waals surface area contributed by atoms with E-state index in [1.54, 1.807) is 6.07 Å². The molecule has 3 rings (SSSR count). The van der Waals surface area contributed by atoms with Gasteiger partial charge in [-0.25, -0.2) is 17.8 Å². The third-order valence-corrected chi connectivity index (χ3v) is 6.31. The Bertz CT molecular complexity index is 1090. The van der Waals surface area contributed by atoms with Crippen molar-refractivity contribution in [2.75, 3.05) is 10.8 Å². The van der Waals surface area contributed by atoms with Gasteiger partial charge in [0.2, 0.25) is 0 Å². The number of pyridine rings is 1. The fourth-order valence-corrected chi connectivity index (χ4v) is 4.50. The normalized spacial score (nSPS) is 11.4. The first-order valence-electron chi connectivity index (χ1n) is 7.88. The lowest BCUT2D eigenvalue weighted by molar-refractivity contribution is -0.384. The van der Waals surface area contributed by atoms with Crippen LogP contribution in [0.4, 0.5) is 15.8 Å². The summed E-state index contributed by atoms with van der Waals surface area (Å²) in [5.74, 6) is -0.703. The zero-order chi connectivity index (χ0) is 20.3. The molecule has 0 aliphatic rings. The number of nitro groups is 1. The molecule has 0 N–H and O–H groups in total. The summed E-state index contributed by atoms with van der Waals surface area (Å²) in [6.07, 6.45) is 4.20. The number of hydrogen-bond acceptors (Lipinski definition) is 6. The number of furan rings is 1. The molecule has 2 heterocycles. The number of rotatable bonds is 7. The summed E-state index contributed by atoms with van der Waals surface area (Å²) in [6.45, 7) is -0.0252. The van der Waals surface area contributed by atoms with Crippen LogP contribution >= 0.6 is 15.9 Å². The van der Waals surface area contributed by atoms with Crippen LogP contribution in [-0.4, -0.2) is 24.9 Å². The number of nitrogens with zero attached hydrogens (tertiary/aromatic N) is 3. The maximum atomic E-state index is 13.8. The van der Waals surface area contributed by atoms with E-state index in [2.05, 4.69) is 20.9 Å². The molecule has 0 radical (unpaired) electrons. The Morgan fingerprint density at radius 1 is 1.25 bits per heavy atom. The average Bonchev–Trinajstić information content (AvgIpc) is 3.18. The molecular formula is C17H13BrFN3O5S. The second-order valence-electron chi connectivity index (χ2n) is 5.67. The van der Waals surface area contributed by atoms with Crippen LogP contribution in [0.5, 0.6) is 0 Å². The quantitative estimate of drug-likeness (QED) is 0.294. The number of anilines is 1. The van der Waals surface area contributed by atoms with Gasteiger partial charge < -0.3 is 4.42 Å². The van der Waals surface area contributed by atoms with E-state index in [9.17, 15) is 22.9 Å². The lowest BCUT2D eigenvalue weighted by Crippen LogP contribution is -2.33. The van der Waals surface area contributed by atoms with E-state index in [1.165, 1.54) is 12.5 Å². The molecule has 2 aromatic heterocycles. The third-order valence-electron chi connectivity index (χ3n) is 3.88. The summed E-state index contributed by atoms with van der Waals surface area (Å²) >= 11 is 3.15. The van der Waals surface area contributed by atoms with Crippen LogP contribution in [0, 0.1) is 15.9 Å². The zero-order valence-electron chi connectivity index (χ0n) is 14.2. The van der Waals surface area contributed by atoms with Crippen molar-refractivity contribution in [3.05, 3.63) is 81.2 Å². The molecule has 0 saturated heterocycles. The molecule has 3 aromatic rings. The minimum atomic E-state index is -4.15. The van der Waals surface area contributed by atoms with Gasteiger partial charge >= 0.3 is 0 Å². The van der Waals surface area contributed by atoms with E-state index < -0.39 is 20.8 Å². The van der Waals surface area contributed by atoms with Crippen LogP contribution in [0.15, 0.2) is 69.0 Å². The van der Waals surface area contributed by atoms with Gasteiger partial charge in [-0.2, -0.15) is 0 Å². The van der Waals surface area contributed by atoms with Crippen LogP contribution < -0.4 is 4.31 Å². The standard InChI is InChI=1S/C17H13BrFN3O5S/c18-17-16(9-13(19)10-20-17)21(7-5-12-6-8-27-11-12)28(25,26)15-3-1-14(2-4-15)22(23)24/h1-4,6,8-11H,5,7H2. The number of nitro benzene ring substituents is 1. The Kier molecular flexibility index (Phi) is 5.75. The highest BCUT2D eigenvalue weighted by molar-refractivity contribution is 9.10. The van der Waals surface area contributed by atoms with Crippen LogP contribution in [0.3, 0.4) is 0 Å². The van der Waals surface area contributed by atoms with Crippen LogP contribution in [-0.2, 0) is 16.4 Å². The Morgan fingerprint density at radius 3 is 2.57 bits per heavy atom. The fourth-order valence-electron chi connectivity index (χ4n) is 2.49. The summed E-state index contributed by atoms with van der Waals surface area (Å²) in [5, 5.41) is 10.8. The topological polar surface area (TPSA) is 107 Å². The highest BCUT2D eigenvalue weighted by Gasteiger charge is 2.28. The summed E-state index contributed by atoms with van der Waals surface area (Å²) in [5.41, 5.74) is 0.531. The molecule has 0 aliphatic heterocycles. The van der Waals surface area contributed by atoms with Crippen molar-refractivity contribution in [2.24, 2.45) is 0 Å². The van der Waals surface area contributed by atoms with E-state index in [0.717, 1.165) is 46.4 Å². The first-order valence-corrected chi connectivity index (χ1v) is 10.1. The SMILES string of the molecule is O=[N+]([O-])c1ccc(S(=O)(=O)N(CCc2ccoc2)c2cc(F)cnc2Br)cc1. The molecule has 0 amide bonds. The van der Waals surface area contributed by atoms with Gasteiger partial charge in [-0.3, -0.25) is 14.4 Å². The first-order chi connectivity index (χ1) is 13.3. The fraction of sp³-hybridized carbons (Fsp3) is 0.118. The van der Waals surface area contributed by atoms with Gasteiger partial charge in [-0.15, -0.1) is 0 Å². The number of sulfonamides is 1. The monoisotopic (exact) mass is 469 g/mol. The number of aromatic nitrogens is 1. The van der Waals surface area contributed by atoms with Gasteiger partial charge in [-0.05, 0) is 46.1 Å². The van der Waals surface area contributed by atoms with Gasteiger partial charge in [-0.1, -0.05) is 0 Å². The number of hydrogen-bond donors (Lipinski definition) is 0. The Balaban J connectivity index is 2.03. The Hall–Kier alpha value is -2.79. The molecule has 0 bridgehead atoms. The number of halogens is 2. The van der Waals surface area contributed by atoms with E-state index in [1.807, 2.05) is 0 Å². The smallest absolute Gasteiger partial charge is 0.269 e. The van der Waals surface area contributed by atoms with E-state index in [-0.39, 0.29) is 27.4 Å². The van der Waals surface area contributed by atoms with Crippen molar-refractivity contribution < 1.29 is 22.1 Å². The van der Waals surface area contributed by atoms with Gasteiger partial charge in [0.05, 0.1) is 34.2 Å². The molecule has 0 fully saturated rings. The van der Waals surface area contributed by atoms with Crippen molar-refractivity contribution >= 4 is 37.3 Å². The van der Waals surface area contributed by atoms with Gasteiger partial charge in [0.1, 0.15) is 10.4 Å². The maximum Gasteiger partial charge on any atom is 0.269 e. The lowest BCUT2D eigenvalue weighted by atomic mass is 10.2. The van der Waals surface area contributed by atoms with Gasteiger partial charge in [0, 0.05) is 24.7 Å². The summed E-state index contributed by atoms with van der Waals surface area (Å²) < 4.78 is 46.3. The van der Waals surface area contributed by atoms with Crippen LogP contribution in [0.1, 0.15) is 5.56 Å². The zero-order valence-corrected chi connectivity index (χ0v) is 16.6. The molecule has 0 aliphatic carbocycles. The molecule has 28 heavy (non-hydrogen) atoms. The number of non-ortho nitro benzene ring substituents is 1. The van der Waals surface area contributed by atoms with Gasteiger partial charge in [0.25, 0.3) is 15.7 Å². The minimum Gasteiger partial charge on any atom is -0.472 e. The molecular weight excluding hydrogens is 457 g/mol. The van der Waals surface area contributed by atoms with Crippen molar-refractivity contribution in [1.82, 2.24) is 4.98 Å². The lowest BCUT2D eigenvalue weighted by Gasteiger charge is -2.25. The van der Waals surface area contributed by atoms with Crippen molar-refractivity contribution in [3.63, 3.8) is 0 Å². The average molecular weight is 470 g/mol. The van der Waals surface area contributed by atoms with E-state index >= 15 is 0 Å². The second kappa shape index (κ2) is 8.07. The Labute approximate surface area is 167 Å². The molecule has 0 saturated carbocycles. The highest BCUT2D eigenvalue weighted by atomic mass is 79.9. The highest BCUT2D eigenvalue weighted by Crippen LogP contribution is 2.31. The molecule has 0 spiro atoms. The van der Waals surface area contributed by atoms with Crippen LogP contribution in [0.25, 0.3) is 0 Å². The predicted molar refractivity (Wildman–Crippen MR) is 102 cm³/mol. The van der Waals surface area contributed by atoms with Crippen molar-refractivity contribution in [3.8, 4) is 0 Å². The van der Waals surface area contributed by atoms with Gasteiger partial charge in [0.15, 0.2) is 0 Å². The number of benzene rings is 1. The maximum absolute atomic E-state index is 13.8. The second-order valence-corrected chi connectivity index (χ2v) is 8.29. The van der Waals surface area contributed by atoms with E-state index in [4.69, 9.17) is 4.42 Å². The molecule has 146 valence electrons. The van der Waals surface area contributed by atoms with Crippen LogP contribution in [0.2, 0.25) is 0 Å². The van der Waals surface area contributed by atoms with Crippen molar-refractivity contribution in [2.45, 2.75) is 11.3 Å².